The van der Waals surface area contributed by atoms with Gasteiger partial charge in [-0.1, -0.05) is 29.6 Å². The Morgan fingerprint density at radius 2 is 2.04 bits per heavy atom. The first kappa shape index (κ1) is 17.8. The molecule has 3 rings (SSSR count). The van der Waals surface area contributed by atoms with Gasteiger partial charge in [-0.3, -0.25) is 9.10 Å². The van der Waals surface area contributed by atoms with E-state index in [4.69, 9.17) is 23.2 Å². The molecule has 1 amide bonds. The van der Waals surface area contributed by atoms with Crippen molar-refractivity contribution in [1.29, 1.82) is 0 Å². The van der Waals surface area contributed by atoms with Crippen LogP contribution in [-0.4, -0.2) is 33.2 Å². The summed E-state index contributed by atoms with van der Waals surface area (Å²) >= 11 is 12.0. The minimum atomic E-state index is -3.65. The molecule has 1 aromatic rings. The monoisotopic (exact) mass is 390 g/mol. The zero-order chi connectivity index (χ0) is 17.5. The van der Waals surface area contributed by atoms with Crippen molar-refractivity contribution in [2.75, 3.05) is 17.1 Å². The van der Waals surface area contributed by atoms with Crippen LogP contribution < -0.4 is 9.62 Å². The molecule has 0 spiro atoms. The van der Waals surface area contributed by atoms with Crippen molar-refractivity contribution in [2.45, 2.75) is 31.7 Å². The molecule has 0 aliphatic heterocycles. The second kappa shape index (κ2) is 6.73. The number of amides is 1. The maximum Gasteiger partial charge on any atom is 0.241 e. The Bertz CT molecular complexity index is 754. The Kier molecular flexibility index (Phi) is 5.00. The maximum absolute atomic E-state index is 12.4. The average molecular weight is 391 g/mol. The zero-order valence-electron chi connectivity index (χ0n) is 13.3. The lowest BCUT2D eigenvalue weighted by Gasteiger charge is -2.26. The largest absolute Gasteiger partial charge is 0.352 e. The summed E-state index contributed by atoms with van der Waals surface area (Å²) in [4.78, 5) is 12.4. The molecular weight excluding hydrogens is 371 g/mol. The van der Waals surface area contributed by atoms with E-state index in [1.54, 1.807) is 6.07 Å². The smallest absolute Gasteiger partial charge is 0.241 e. The van der Waals surface area contributed by atoms with Gasteiger partial charge in [0, 0.05) is 11.1 Å². The first-order chi connectivity index (χ1) is 11.2. The van der Waals surface area contributed by atoms with Gasteiger partial charge < -0.3 is 5.32 Å². The molecule has 2 bridgehead atoms. The molecule has 8 heteroatoms. The number of benzene rings is 1. The number of carbonyl (C=O) groups is 1. The number of nitrogens with zero attached hydrogens (tertiary/aromatic N) is 1. The summed E-state index contributed by atoms with van der Waals surface area (Å²) < 4.78 is 25.3. The van der Waals surface area contributed by atoms with Crippen molar-refractivity contribution < 1.29 is 13.2 Å². The predicted octanol–water partition coefficient (Wildman–Crippen LogP) is 3.06. The molecule has 0 saturated heterocycles. The lowest BCUT2D eigenvalue weighted by Crippen LogP contribution is -2.45. The zero-order valence-corrected chi connectivity index (χ0v) is 15.7. The number of halogens is 2. The third kappa shape index (κ3) is 3.81. The Morgan fingerprint density at radius 3 is 2.58 bits per heavy atom. The average Bonchev–Trinajstić information content (AvgIpc) is 3.07. The quantitative estimate of drug-likeness (QED) is 0.839. The van der Waals surface area contributed by atoms with Crippen LogP contribution in [0, 0.1) is 11.8 Å². The number of carbonyl (C=O) groups excluding carboxylic acids is 1. The van der Waals surface area contributed by atoms with Crippen molar-refractivity contribution in [2.24, 2.45) is 11.8 Å². The van der Waals surface area contributed by atoms with Crippen LogP contribution in [0.5, 0.6) is 0 Å². The molecule has 2 saturated carbocycles. The maximum atomic E-state index is 12.4. The highest BCUT2D eigenvalue weighted by molar-refractivity contribution is 7.92. The highest BCUT2D eigenvalue weighted by Gasteiger charge is 2.40. The fourth-order valence-corrected chi connectivity index (χ4v) is 5.30. The van der Waals surface area contributed by atoms with Gasteiger partial charge >= 0.3 is 0 Å². The molecule has 0 radical (unpaired) electrons. The van der Waals surface area contributed by atoms with E-state index >= 15 is 0 Å². The SMILES string of the molecule is CS(=O)(=O)N(CC(=O)N[C@H]1C[C@H]2CC[C@H]1C2)c1ccc(Cl)cc1Cl. The van der Waals surface area contributed by atoms with Crippen molar-refractivity contribution >= 4 is 44.8 Å². The Hall–Kier alpha value is -0.980. The van der Waals surface area contributed by atoms with Gasteiger partial charge in [0.15, 0.2) is 0 Å². The molecule has 2 aliphatic rings. The molecule has 1 aromatic carbocycles. The third-order valence-corrected chi connectivity index (χ3v) is 6.61. The van der Waals surface area contributed by atoms with Crippen molar-refractivity contribution in [3.8, 4) is 0 Å². The van der Waals surface area contributed by atoms with Crippen LogP contribution in [0.3, 0.4) is 0 Å². The van der Waals surface area contributed by atoms with Gasteiger partial charge in [0.05, 0.1) is 17.0 Å². The van der Waals surface area contributed by atoms with Gasteiger partial charge in [-0.05, 0) is 49.3 Å². The van der Waals surface area contributed by atoms with Crippen molar-refractivity contribution in [3.05, 3.63) is 28.2 Å². The summed E-state index contributed by atoms with van der Waals surface area (Å²) in [5.41, 5.74) is 0.256. The molecule has 0 heterocycles. The number of rotatable bonds is 5. The minimum Gasteiger partial charge on any atom is -0.352 e. The van der Waals surface area contributed by atoms with Crippen molar-refractivity contribution in [1.82, 2.24) is 5.32 Å². The van der Waals surface area contributed by atoms with Gasteiger partial charge in [-0.25, -0.2) is 8.42 Å². The summed E-state index contributed by atoms with van der Waals surface area (Å²) in [6.07, 6.45) is 5.62. The van der Waals surface area contributed by atoms with Crippen LogP contribution in [0.4, 0.5) is 5.69 Å². The summed E-state index contributed by atoms with van der Waals surface area (Å²) in [6, 6.07) is 4.69. The molecule has 132 valence electrons. The van der Waals surface area contributed by atoms with Gasteiger partial charge in [0.1, 0.15) is 6.54 Å². The first-order valence-electron chi connectivity index (χ1n) is 7.96. The van der Waals surface area contributed by atoms with Gasteiger partial charge in [-0.15, -0.1) is 0 Å². The van der Waals surface area contributed by atoms with Crippen LogP contribution in [-0.2, 0) is 14.8 Å². The van der Waals surface area contributed by atoms with E-state index in [0.29, 0.717) is 16.9 Å². The van der Waals surface area contributed by atoms with Crippen molar-refractivity contribution in [3.63, 3.8) is 0 Å². The van der Waals surface area contributed by atoms with E-state index in [9.17, 15) is 13.2 Å². The van der Waals surface area contributed by atoms with E-state index in [0.717, 1.165) is 23.4 Å². The topological polar surface area (TPSA) is 66.5 Å². The summed E-state index contributed by atoms with van der Waals surface area (Å²) in [6.45, 7) is -0.284. The van der Waals surface area contributed by atoms with Gasteiger partial charge in [-0.2, -0.15) is 0 Å². The molecule has 24 heavy (non-hydrogen) atoms. The molecule has 1 N–H and O–H groups in total. The number of hydrogen-bond acceptors (Lipinski definition) is 3. The fourth-order valence-electron chi connectivity index (χ4n) is 3.87. The number of hydrogen-bond donors (Lipinski definition) is 1. The van der Waals surface area contributed by atoms with E-state index in [2.05, 4.69) is 5.32 Å². The molecule has 2 aliphatic carbocycles. The molecule has 2 fully saturated rings. The standard InChI is InChI=1S/C16H20Cl2N2O3S/c1-24(22,23)20(15-5-4-12(17)8-13(15)18)9-16(21)19-14-7-10-2-3-11(14)6-10/h4-5,8,10-11,14H,2-3,6-7,9H2,1H3,(H,19,21)/t10-,11-,14-/m0/s1. The van der Waals surface area contributed by atoms with Gasteiger partial charge in [0.2, 0.25) is 15.9 Å². The van der Waals surface area contributed by atoms with E-state index < -0.39 is 10.0 Å². The summed E-state index contributed by atoms with van der Waals surface area (Å²) in [7, 11) is -3.65. The lowest BCUT2D eigenvalue weighted by atomic mass is 9.95. The predicted molar refractivity (Wildman–Crippen MR) is 96.0 cm³/mol. The third-order valence-electron chi connectivity index (χ3n) is 4.95. The number of sulfonamides is 1. The van der Waals surface area contributed by atoms with Crippen LogP contribution >= 0.6 is 23.2 Å². The summed E-state index contributed by atoms with van der Waals surface area (Å²) in [5, 5.41) is 3.60. The van der Waals surface area contributed by atoms with Crippen LogP contribution in [0.15, 0.2) is 18.2 Å². The lowest BCUT2D eigenvalue weighted by molar-refractivity contribution is -0.120. The van der Waals surface area contributed by atoms with Crippen LogP contribution in [0.1, 0.15) is 25.7 Å². The minimum absolute atomic E-state index is 0.165. The van der Waals surface area contributed by atoms with Crippen LogP contribution in [0.2, 0.25) is 10.0 Å². The fraction of sp³-hybridized carbons (Fsp3) is 0.562. The highest BCUT2D eigenvalue weighted by Crippen LogP contribution is 2.44. The van der Waals surface area contributed by atoms with E-state index in [1.165, 1.54) is 25.0 Å². The van der Waals surface area contributed by atoms with E-state index in [1.807, 2.05) is 0 Å². The molecular formula is C16H20Cl2N2O3S. The Labute approximate surface area is 152 Å². The Morgan fingerprint density at radius 1 is 1.29 bits per heavy atom. The molecule has 0 unspecified atom stereocenters. The van der Waals surface area contributed by atoms with E-state index in [-0.39, 0.29) is 29.2 Å². The van der Waals surface area contributed by atoms with Gasteiger partial charge in [0.25, 0.3) is 0 Å². The molecule has 0 aromatic heterocycles. The normalized spacial score (nSPS) is 25.7. The number of nitrogens with one attached hydrogen (secondary N) is 1. The molecule has 3 atom stereocenters. The second-order valence-electron chi connectivity index (χ2n) is 6.71. The van der Waals surface area contributed by atoms with Crippen LogP contribution in [0.25, 0.3) is 0 Å². The first-order valence-corrected chi connectivity index (χ1v) is 10.6. The Balaban J connectivity index is 1.74. The number of fused-ring (bicyclic) bond motifs is 2. The molecule has 5 nitrogen and oxygen atoms in total. The summed E-state index contributed by atoms with van der Waals surface area (Å²) in [5.74, 6) is 0.936. The highest BCUT2D eigenvalue weighted by atomic mass is 35.5. The number of anilines is 1. The second-order valence-corrected chi connectivity index (χ2v) is 9.46.